The molecule has 3 aromatic heterocycles. The Kier molecular flexibility index (Phi) is 6.60. The number of rotatable bonds is 5. The van der Waals surface area contributed by atoms with Crippen LogP contribution in [-0.2, 0) is 0 Å². The quantitative estimate of drug-likeness (QED) is 0.292. The Balaban J connectivity index is 1.69. The summed E-state index contributed by atoms with van der Waals surface area (Å²) in [6.45, 7) is 6.77. The van der Waals surface area contributed by atoms with E-state index >= 15 is 0 Å². The Morgan fingerprint density at radius 1 is 1.10 bits per heavy atom. The van der Waals surface area contributed by atoms with Crippen molar-refractivity contribution in [2.75, 3.05) is 11.1 Å². The Bertz CT molecular complexity index is 1790. The molecule has 3 heterocycles. The highest BCUT2D eigenvalue weighted by molar-refractivity contribution is 5.85. The first-order valence-electron chi connectivity index (χ1n) is 12.3. The van der Waals surface area contributed by atoms with Gasteiger partial charge in [0.05, 0.1) is 22.6 Å². The molecule has 10 nitrogen and oxygen atoms in total. The minimum atomic E-state index is -1.22. The van der Waals surface area contributed by atoms with Gasteiger partial charge in [-0.1, -0.05) is 41.3 Å². The van der Waals surface area contributed by atoms with E-state index in [9.17, 15) is 9.90 Å². The number of nitrogens with one attached hydrogen (secondary N) is 1. The summed E-state index contributed by atoms with van der Waals surface area (Å²) in [6, 6.07) is 15.7. The molecule has 5 aromatic rings. The summed E-state index contributed by atoms with van der Waals surface area (Å²) >= 11 is 0. The van der Waals surface area contributed by atoms with Crippen LogP contribution in [0.1, 0.15) is 44.0 Å². The number of nitrogens with zero attached hydrogens (tertiary/aromatic N) is 5. The zero-order valence-electron chi connectivity index (χ0n) is 21.9. The number of benzene rings is 2. The molecular formula is C29H27N7O3. The first-order chi connectivity index (χ1) is 18.6. The van der Waals surface area contributed by atoms with Crippen LogP contribution >= 0.6 is 0 Å². The number of anilines is 2. The van der Waals surface area contributed by atoms with Gasteiger partial charge in [-0.25, -0.2) is 9.97 Å². The van der Waals surface area contributed by atoms with E-state index < -0.39 is 11.6 Å². The number of hydrogen-bond acceptors (Lipinski definition) is 9. The van der Waals surface area contributed by atoms with Gasteiger partial charge in [-0.2, -0.15) is 4.98 Å². The predicted molar refractivity (Wildman–Crippen MR) is 149 cm³/mol. The lowest BCUT2D eigenvalue weighted by Crippen LogP contribution is -2.28. The molecule has 0 aliphatic heterocycles. The van der Waals surface area contributed by atoms with Crippen LogP contribution < -0.4 is 16.6 Å². The number of fused-ring (bicyclic) bond motifs is 1. The third-order valence-electron chi connectivity index (χ3n) is 5.91. The SMILES string of the molecule is Cc1noc(-c2c(N)ccnc2N[C@@H](C)c2nc3cccc(C#CC(C)(C)O)c3c(=O)n2-c2ccccc2)n1. The number of hydrogen-bond donors (Lipinski definition) is 3. The van der Waals surface area contributed by atoms with Crippen molar-refractivity contribution in [1.82, 2.24) is 24.7 Å². The van der Waals surface area contributed by atoms with Crippen molar-refractivity contribution in [3.63, 3.8) is 0 Å². The molecule has 196 valence electrons. The number of para-hydroxylation sites is 1. The van der Waals surface area contributed by atoms with Gasteiger partial charge in [0.15, 0.2) is 5.82 Å². The molecule has 0 fully saturated rings. The van der Waals surface area contributed by atoms with Crippen molar-refractivity contribution in [2.24, 2.45) is 0 Å². The predicted octanol–water partition coefficient (Wildman–Crippen LogP) is 4.02. The first kappa shape index (κ1) is 25.6. The zero-order valence-corrected chi connectivity index (χ0v) is 21.9. The Labute approximate surface area is 224 Å². The second kappa shape index (κ2) is 10.0. The van der Waals surface area contributed by atoms with Crippen LogP contribution in [-0.4, -0.2) is 35.4 Å². The number of aromatic nitrogens is 5. The monoisotopic (exact) mass is 521 g/mol. The van der Waals surface area contributed by atoms with Gasteiger partial charge < -0.3 is 20.7 Å². The molecule has 1 atom stereocenters. The summed E-state index contributed by atoms with van der Waals surface area (Å²) in [5.74, 6) is 7.29. The van der Waals surface area contributed by atoms with Crippen molar-refractivity contribution in [3.05, 3.63) is 88.4 Å². The number of pyridine rings is 1. The van der Waals surface area contributed by atoms with Gasteiger partial charge in [-0.05, 0) is 58.0 Å². The highest BCUT2D eigenvalue weighted by Crippen LogP contribution is 2.33. The Hall–Kier alpha value is -5.01. The van der Waals surface area contributed by atoms with Gasteiger partial charge in [-0.3, -0.25) is 9.36 Å². The summed E-state index contributed by atoms with van der Waals surface area (Å²) in [5, 5.41) is 17.7. The van der Waals surface area contributed by atoms with Gasteiger partial charge >= 0.3 is 0 Å². The summed E-state index contributed by atoms with van der Waals surface area (Å²) < 4.78 is 6.92. The van der Waals surface area contributed by atoms with Gasteiger partial charge in [0.2, 0.25) is 0 Å². The van der Waals surface area contributed by atoms with Gasteiger partial charge in [0.25, 0.3) is 11.4 Å². The number of aryl methyl sites for hydroxylation is 1. The maximum absolute atomic E-state index is 14.1. The molecule has 0 bridgehead atoms. The van der Waals surface area contributed by atoms with E-state index in [1.165, 1.54) is 0 Å². The normalized spacial score (nSPS) is 12.1. The van der Waals surface area contributed by atoms with Crippen LogP contribution in [0.2, 0.25) is 0 Å². The van der Waals surface area contributed by atoms with Crippen LogP contribution in [0.4, 0.5) is 11.5 Å². The van der Waals surface area contributed by atoms with Gasteiger partial charge in [0, 0.05) is 17.4 Å². The lowest BCUT2D eigenvalue weighted by atomic mass is 10.1. The van der Waals surface area contributed by atoms with E-state index in [2.05, 4.69) is 32.3 Å². The third-order valence-corrected chi connectivity index (χ3v) is 5.91. The maximum Gasteiger partial charge on any atom is 0.267 e. The summed E-state index contributed by atoms with van der Waals surface area (Å²) in [5.41, 5.74) is 7.23. The fourth-order valence-corrected chi connectivity index (χ4v) is 4.17. The molecule has 0 aliphatic carbocycles. The molecule has 0 unspecified atom stereocenters. The first-order valence-corrected chi connectivity index (χ1v) is 12.3. The van der Waals surface area contributed by atoms with E-state index in [1.54, 1.807) is 55.8 Å². The van der Waals surface area contributed by atoms with Crippen molar-refractivity contribution >= 4 is 22.4 Å². The number of aliphatic hydroxyl groups is 1. The molecule has 2 aromatic carbocycles. The molecule has 0 saturated heterocycles. The van der Waals surface area contributed by atoms with Crippen LogP contribution in [0.5, 0.6) is 0 Å². The lowest BCUT2D eigenvalue weighted by molar-refractivity contribution is 0.143. The average molecular weight is 522 g/mol. The van der Waals surface area contributed by atoms with E-state index in [-0.39, 0.29) is 11.4 Å². The molecule has 39 heavy (non-hydrogen) atoms. The molecule has 4 N–H and O–H groups in total. The summed E-state index contributed by atoms with van der Waals surface area (Å²) in [7, 11) is 0. The van der Waals surface area contributed by atoms with Gasteiger partial charge in [-0.15, -0.1) is 0 Å². The molecule has 5 rings (SSSR count). The van der Waals surface area contributed by atoms with Gasteiger partial charge in [0.1, 0.15) is 22.8 Å². The Morgan fingerprint density at radius 2 is 1.87 bits per heavy atom. The van der Waals surface area contributed by atoms with Crippen LogP contribution in [0, 0.1) is 18.8 Å². The third kappa shape index (κ3) is 5.21. The van der Waals surface area contributed by atoms with E-state index in [4.69, 9.17) is 15.2 Å². The summed E-state index contributed by atoms with van der Waals surface area (Å²) in [6.07, 6.45) is 1.57. The van der Waals surface area contributed by atoms with Crippen LogP contribution in [0.3, 0.4) is 0 Å². The second-order valence-corrected chi connectivity index (χ2v) is 9.59. The molecule has 0 aliphatic rings. The van der Waals surface area contributed by atoms with E-state index in [0.29, 0.717) is 50.9 Å². The lowest BCUT2D eigenvalue weighted by Gasteiger charge is -2.21. The molecule has 10 heteroatoms. The largest absolute Gasteiger partial charge is 0.398 e. The highest BCUT2D eigenvalue weighted by atomic mass is 16.5. The number of nitrogens with two attached hydrogens (primary N) is 1. The maximum atomic E-state index is 14.1. The van der Waals surface area contributed by atoms with E-state index in [1.807, 2.05) is 37.3 Å². The van der Waals surface area contributed by atoms with E-state index in [0.717, 1.165) is 0 Å². The molecule has 0 radical (unpaired) electrons. The fourth-order valence-electron chi connectivity index (χ4n) is 4.17. The molecular weight excluding hydrogens is 494 g/mol. The van der Waals surface area contributed by atoms with Crippen LogP contribution in [0.15, 0.2) is 70.1 Å². The smallest absolute Gasteiger partial charge is 0.267 e. The van der Waals surface area contributed by atoms with Crippen molar-refractivity contribution in [2.45, 2.75) is 39.3 Å². The standard InChI is InChI=1S/C29H27N7O3/c1-17(32-25-24(21(30)14-16-31-25)27-33-18(2)35-39-27)26-34-22-12-8-9-19(13-15-29(3,4)38)23(22)28(37)36(26)20-10-6-5-7-11-20/h5-12,14,16-17,38H,1-4H3,(H3,30,31,32)/t17-/m0/s1. The Morgan fingerprint density at radius 3 is 2.56 bits per heavy atom. The minimum absolute atomic E-state index is 0.231. The van der Waals surface area contributed by atoms with Crippen molar-refractivity contribution in [3.8, 4) is 29.0 Å². The van der Waals surface area contributed by atoms with Crippen LogP contribution in [0.25, 0.3) is 28.0 Å². The molecule has 0 spiro atoms. The molecule has 0 saturated carbocycles. The summed E-state index contributed by atoms with van der Waals surface area (Å²) in [4.78, 5) is 27.8. The van der Waals surface area contributed by atoms with Crippen molar-refractivity contribution < 1.29 is 9.63 Å². The zero-order chi connectivity index (χ0) is 27.7. The van der Waals surface area contributed by atoms with Crippen molar-refractivity contribution in [1.29, 1.82) is 0 Å². The topological polar surface area (TPSA) is 145 Å². The fraction of sp³-hybridized carbons (Fsp3) is 0.207. The number of nitrogen functional groups attached to an aromatic ring is 1. The highest BCUT2D eigenvalue weighted by Gasteiger charge is 2.23. The minimum Gasteiger partial charge on any atom is -0.398 e. The average Bonchev–Trinajstić information content (AvgIpc) is 3.32. The second-order valence-electron chi connectivity index (χ2n) is 9.59. The molecule has 0 amide bonds.